The van der Waals surface area contributed by atoms with Gasteiger partial charge in [-0.05, 0) is 49.3 Å². The molecular weight excluding hydrogens is 464 g/mol. The van der Waals surface area contributed by atoms with Crippen molar-refractivity contribution in [2.24, 2.45) is 23.7 Å². The van der Waals surface area contributed by atoms with Crippen molar-refractivity contribution >= 4 is 35.2 Å². The maximum Gasteiger partial charge on any atom is 0.308 e. The number of amides is 2. The van der Waals surface area contributed by atoms with Crippen LogP contribution >= 0.6 is 11.8 Å². The van der Waals surface area contributed by atoms with Crippen molar-refractivity contribution in [1.29, 1.82) is 0 Å². The summed E-state index contributed by atoms with van der Waals surface area (Å²) < 4.78 is -0.846. The van der Waals surface area contributed by atoms with E-state index in [2.05, 4.69) is 6.58 Å². The number of benzene rings is 1. The Kier molecular flexibility index (Phi) is 6.83. The monoisotopic (exact) mass is 500 g/mol. The third-order valence-corrected chi connectivity index (χ3v) is 10.3. The van der Waals surface area contributed by atoms with Crippen LogP contribution in [0.15, 0.2) is 30.9 Å². The zero-order valence-corrected chi connectivity index (χ0v) is 21.9. The molecule has 2 bridgehead atoms. The molecule has 1 aromatic rings. The number of carbonyl (C=O) groups excluding carboxylic acids is 2. The number of fused-ring (bicyclic) bond motifs is 1. The lowest BCUT2D eigenvalue weighted by molar-refractivity contribution is -0.150. The average molecular weight is 501 g/mol. The van der Waals surface area contributed by atoms with Crippen molar-refractivity contribution in [1.82, 2.24) is 4.90 Å². The molecular formula is C27H36N2O5S. The third kappa shape index (κ3) is 3.71. The van der Waals surface area contributed by atoms with Crippen molar-refractivity contribution in [2.75, 3.05) is 18.1 Å². The van der Waals surface area contributed by atoms with Crippen molar-refractivity contribution in [3.05, 3.63) is 42.0 Å². The Morgan fingerprint density at radius 2 is 2.03 bits per heavy atom. The number of likely N-dealkylation sites (tertiary alicyclic amines) is 1. The number of aliphatic carboxylic acids is 1. The highest BCUT2D eigenvalue weighted by molar-refractivity contribution is 8.02. The van der Waals surface area contributed by atoms with Gasteiger partial charge >= 0.3 is 5.97 Å². The number of hydrogen-bond donors (Lipinski definition) is 2. The highest BCUT2D eigenvalue weighted by Crippen LogP contribution is 2.69. The Bertz CT molecular complexity index is 1060. The number of aliphatic hydroxyl groups excluding tert-OH is 1. The molecule has 4 rings (SSSR count). The predicted molar refractivity (Wildman–Crippen MR) is 137 cm³/mol. The van der Waals surface area contributed by atoms with Crippen LogP contribution in [0.25, 0.3) is 0 Å². The number of aryl methyl sites for hydroxylation is 2. The van der Waals surface area contributed by atoms with Crippen LogP contribution in [-0.4, -0.2) is 68.1 Å². The zero-order valence-electron chi connectivity index (χ0n) is 21.1. The Morgan fingerprint density at radius 1 is 1.34 bits per heavy atom. The molecule has 2 N–H and O–H groups in total. The molecule has 0 radical (unpaired) electrons. The van der Waals surface area contributed by atoms with E-state index in [1.807, 2.05) is 52.8 Å². The minimum atomic E-state index is -0.981. The first-order valence-corrected chi connectivity index (χ1v) is 13.2. The molecule has 3 saturated heterocycles. The van der Waals surface area contributed by atoms with Crippen molar-refractivity contribution in [3.63, 3.8) is 0 Å². The molecule has 0 saturated carbocycles. The van der Waals surface area contributed by atoms with Crippen molar-refractivity contribution < 1.29 is 24.6 Å². The van der Waals surface area contributed by atoms with Crippen LogP contribution in [-0.2, 0) is 14.4 Å². The fourth-order valence-electron chi connectivity index (χ4n) is 6.59. The van der Waals surface area contributed by atoms with Crippen molar-refractivity contribution in [3.8, 4) is 0 Å². The summed E-state index contributed by atoms with van der Waals surface area (Å²) in [7, 11) is 0. The molecule has 3 unspecified atom stereocenters. The Labute approximate surface area is 211 Å². The molecule has 3 aliphatic rings. The van der Waals surface area contributed by atoms with Gasteiger partial charge in [-0.15, -0.1) is 18.3 Å². The van der Waals surface area contributed by atoms with E-state index in [9.17, 15) is 24.6 Å². The first-order chi connectivity index (χ1) is 16.5. The minimum absolute atomic E-state index is 0.0170. The van der Waals surface area contributed by atoms with Gasteiger partial charge < -0.3 is 20.0 Å². The molecule has 1 aromatic carbocycles. The Balaban J connectivity index is 1.91. The van der Waals surface area contributed by atoms with Gasteiger partial charge in [0.2, 0.25) is 5.91 Å². The molecule has 7 atom stereocenters. The highest BCUT2D eigenvalue weighted by Gasteiger charge is 2.77. The van der Waals surface area contributed by atoms with E-state index in [0.29, 0.717) is 6.42 Å². The highest BCUT2D eigenvalue weighted by atomic mass is 32.2. The minimum Gasteiger partial charge on any atom is -0.481 e. The smallest absolute Gasteiger partial charge is 0.308 e. The van der Waals surface area contributed by atoms with Gasteiger partial charge in [-0.1, -0.05) is 39.0 Å². The van der Waals surface area contributed by atoms with Crippen LogP contribution in [0, 0.1) is 37.5 Å². The van der Waals surface area contributed by atoms with Gasteiger partial charge in [0, 0.05) is 17.5 Å². The van der Waals surface area contributed by atoms with E-state index in [4.69, 9.17) is 0 Å². The summed E-state index contributed by atoms with van der Waals surface area (Å²) in [6.45, 7) is 13.6. The molecule has 2 amide bonds. The molecule has 0 aliphatic carbocycles. The van der Waals surface area contributed by atoms with Crippen LogP contribution in [0.2, 0.25) is 0 Å². The van der Waals surface area contributed by atoms with Gasteiger partial charge in [-0.3, -0.25) is 14.4 Å². The summed E-state index contributed by atoms with van der Waals surface area (Å²) in [5, 5.41) is 20.2. The number of rotatable bonds is 8. The van der Waals surface area contributed by atoms with E-state index < -0.39 is 34.6 Å². The maximum atomic E-state index is 14.6. The number of anilines is 1. The molecule has 0 aromatic heterocycles. The van der Waals surface area contributed by atoms with E-state index in [-0.39, 0.29) is 42.1 Å². The first-order valence-electron chi connectivity index (χ1n) is 12.3. The lowest BCUT2D eigenvalue weighted by Crippen LogP contribution is -2.60. The quantitative estimate of drug-likeness (QED) is 0.532. The number of hydrogen-bond acceptors (Lipinski definition) is 5. The van der Waals surface area contributed by atoms with E-state index >= 15 is 0 Å². The molecule has 7 nitrogen and oxygen atoms in total. The number of thioether (sulfide) groups is 1. The molecule has 35 heavy (non-hydrogen) atoms. The second-order valence-electron chi connectivity index (χ2n) is 10.7. The SMILES string of the molecule is C=CCN(C(=O)C1N([C@@H](CO)C(C)C)C(=O)[C@@H]2[C@H](C(=O)O)[C@@H]3CC(C)C12S3)c1cc(C)ccc1C. The molecule has 8 heteroatoms. The Hall–Kier alpha value is -2.32. The maximum absolute atomic E-state index is 14.6. The largest absolute Gasteiger partial charge is 0.481 e. The molecule has 3 fully saturated rings. The molecule has 3 aliphatic heterocycles. The lowest BCUT2D eigenvalue weighted by Gasteiger charge is -2.42. The van der Waals surface area contributed by atoms with Crippen LogP contribution in [0.4, 0.5) is 5.69 Å². The number of nitrogens with zero attached hydrogens (tertiary/aromatic N) is 2. The topological polar surface area (TPSA) is 98.2 Å². The standard InChI is InChI=1S/C27H36N2O5S/c1-7-10-28(18-11-15(4)8-9-16(18)5)25(32)23-27-17(6)12-20(35-27)21(26(33)34)22(27)24(31)29(23)19(13-30)14(2)3/h7-9,11,14,17,19-23,30H,1,10,12-13H2,2-6H3,(H,33,34)/t17?,19-,20-,21+,22-,23?,27?/m0/s1. The van der Waals surface area contributed by atoms with Crippen LogP contribution in [0.1, 0.15) is 38.3 Å². The van der Waals surface area contributed by atoms with Gasteiger partial charge in [0.1, 0.15) is 6.04 Å². The van der Waals surface area contributed by atoms with Crippen LogP contribution in [0.3, 0.4) is 0 Å². The summed E-state index contributed by atoms with van der Waals surface area (Å²) >= 11 is 1.52. The van der Waals surface area contributed by atoms with E-state index in [1.165, 1.54) is 11.8 Å². The summed E-state index contributed by atoms with van der Waals surface area (Å²) in [6.07, 6.45) is 2.32. The summed E-state index contributed by atoms with van der Waals surface area (Å²) in [4.78, 5) is 44.2. The van der Waals surface area contributed by atoms with Crippen LogP contribution in [0.5, 0.6) is 0 Å². The Morgan fingerprint density at radius 3 is 2.60 bits per heavy atom. The number of aliphatic hydroxyl groups is 1. The summed E-state index contributed by atoms with van der Waals surface area (Å²) in [5.74, 6) is -3.27. The number of carboxylic acids is 1. The summed E-state index contributed by atoms with van der Waals surface area (Å²) in [6, 6.07) is 4.47. The summed E-state index contributed by atoms with van der Waals surface area (Å²) in [5.41, 5.74) is 2.69. The predicted octanol–water partition coefficient (Wildman–Crippen LogP) is 3.26. The van der Waals surface area contributed by atoms with Crippen molar-refractivity contribution in [2.45, 2.75) is 63.1 Å². The van der Waals surface area contributed by atoms with Gasteiger partial charge in [-0.25, -0.2) is 0 Å². The molecule has 190 valence electrons. The fraction of sp³-hybridized carbons (Fsp3) is 0.593. The average Bonchev–Trinajstić information content (AvgIpc) is 3.38. The zero-order chi connectivity index (χ0) is 25.8. The molecule has 3 heterocycles. The van der Waals surface area contributed by atoms with Gasteiger partial charge in [0.25, 0.3) is 5.91 Å². The van der Waals surface area contributed by atoms with Gasteiger partial charge in [0.05, 0.1) is 29.2 Å². The van der Waals surface area contributed by atoms with E-state index in [1.54, 1.807) is 15.9 Å². The van der Waals surface area contributed by atoms with Gasteiger partial charge in [-0.2, -0.15) is 0 Å². The van der Waals surface area contributed by atoms with E-state index in [0.717, 1.165) is 16.8 Å². The number of carbonyl (C=O) groups is 3. The van der Waals surface area contributed by atoms with Gasteiger partial charge in [0.15, 0.2) is 0 Å². The third-order valence-electron chi connectivity index (χ3n) is 8.25. The first kappa shape index (κ1) is 25.8. The number of carboxylic acid groups (broad SMARTS) is 1. The molecule has 1 spiro atoms. The second-order valence-corrected chi connectivity index (χ2v) is 12.2. The normalized spacial score (nSPS) is 32.1. The van der Waals surface area contributed by atoms with Crippen LogP contribution < -0.4 is 4.90 Å². The second kappa shape index (κ2) is 9.28. The lowest BCUT2D eigenvalue weighted by atomic mass is 9.66. The fourth-order valence-corrected chi connectivity index (χ4v) is 8.99.